The molecule has 4 atom stereocenters. The molecule has 1 aliphatic rings. The number of ether oxygens (including phenoxy) is 3. The fourth-order valence-corrected chi connectivity index (χ4v) is 6.02. The number of nitrogens with one attached hydrogen (secondary N) is 1. The zero-order valence-corrected chi connectivity index (χ0v) is 27.9. The maximum atomic E-state index is 13.3. The molecule has 1 heterocycles. The van der Waals surface area contributed by atoms with Crippen molar-refractivity contribution in [2.45, 2.75) is 84.9 Å². The van der Waals surface area contributed by atoms with E-state index >= 15 is 0 Å². The Morgan fingerprint density at radius 3 is 2.36 bits per heavy atom. The quantitative estimate of drug-likeness (QED) is 0.178. The van der Waals surface area contributed by atoms with Crippen LogP contribution >= 0.6 is 0 Å². The summed E-state index contributed by atoms with van der Waals surface area (Å²) >= 11 is 0. The summed E-state index contributed by atoms with van der Waals surface area (Å²) in [7, 11) is 3.33. The Bertz CT molecular complexity index is 1130. The van der Waals surface area contributed by atoms with Crippen molar-refractivity contribution in [1.29, 1.82) is 0 Å². The lowest BCUT2D eigenvalue weighted by atomic mass is 9.81. The van der Waals surface area contributed by atoms with E-state index in [9.17, 15) is 9.90 Å². The topological polar surface area (TPSA) is 106 Å². The van der Waals surface area contributed by atoms with Gasteiger partial charge in [-0.3, -0.25) is 4.79 Å². The monoisotopic (exact) mass is 611 g/mol. The minimum absolute atomic E-state index is 0.0329. The number of aliphatic hydroxyl groups is 1. The van der Waals surface area contributed by atoms with Gasteiger partial charge in [-0.05, 0) is 85.3 Å². The van der Waals surface area contributed by atoms with Crippen LogP contribution < -0.4 is 25.4 Å². The summed E-state index contributed by atoms with van der Waals surface area (Å²) in [5, 5.41) is 14.4. The molecule has 1 saturated heterocycles. The van der Waals surface area contributed by atoms with Crippen molar-refractivity contribution in [3.05, 3.63) is 53.6 Å². The molecular formula is C36H57N3O5. The van der Waals surface area contributed by atoms with E-state index in [-0.39, 0.29) is 23.7 Å². The van der Waals surface area contributed by atoms with Gasteiger partial charge in [-0.2, -0.15) is 0 Å². The van der Waals surface area contributed by atoms with E-state index in [0.717, 1.165) is 42.8 Å². The van der Waals surface area contributed by atoms with Crippen LogP contribution in [0.2, 0.25) is 0 Å². The molecule has 0 spiro atoms. The fourth-order valence-electron chi connectivity index (χ4n) is 6.02. The highest BCUT2D eigenvalue weighted by Crippen LogP contribution is 2.32. The van der Waals surface area contributed by atoms with Gasteiger partial charge >= 0.3 is 0 Å². The van der Waals surface area contributed by atoms with E-state index in [1.807, 2.05) is 26.0 Å². The van der Waals surface area contributed by atoms with Crippen LogP contribution in [0.5, 0.6) is 11.5 Å². The molecule has 2 aromatic rings. The minimum atomic E-state index is -0.775. The summed E-state index contributed by atoms with van der Waals surface area (Å²) in [6, 6.07) is 14.1. The highest BCUT2D eigenvalue weighted by molar-refractivity contribution is 5.79. The Hall–Kier alpha value is -2.81. The van der Waals surface area contributed by atoms with E-state index in [4.69, 9.17) is 19.9 Å². The zero-order valence-electron chi connectivity index (χ0n) is 27.9. The van der Waals surface area contributed by atoms with E-state index in [1.54, 1.807) is 14.2 Å². The Labute approximate surface area is 265 Å². The average molecular weight is 612 g/mol. The molecule has 0 bridgehead atoms. The highest BCUT2D eigenvalue weighted by Gasteiger charge is 2.30. The van der Waals surface area contributed by atoms with Crippen LogP contribution in [-0.4, -0.2) is 63.7 Å². The van der Waals surface area contributed by atoms with Gasteiger partial charge < -0.3 is 35.3 Å². The minimum Gasteiger partial charge on any atom is -0.493 e. The number of carbonyl (C=O) groups is 1. The molecule has 2 aromatic carbocycles. The van der Waals surface area contributed by atoms with Gasteiger partial charge in [0, 0.05) is 57.4 Å². The molecule has 1 amide bonds. The molecule has 1 aliphatic heterocycles. The number of nitrogens with two attached hydrogens (primary N) is 1. The van der Waals surface area contributed by atoms with Crippen LogP contribution in [0.25, 0.3) is 0 Å². The third-order valence-corrected chi connectivity index (χ3v) is 8.97. The number of hydrogen-bond donors (Lipinski definition) is 3. The SMILES string of the molecule is COCCCOc1cc(C[C@@H](C[C@H](N)C(O)C[C@H](C(=O)NCc2cccc(N3CCCC3)c2)C(C)C)C(C)C)ccc1OC. The molecule has 4 N–H and O–H groups in total. The molecule has 246 valence electrons. The van der Waals surface area contributed by atoms with Crippen molar-refractivity contribution >= 4 is 11.6 Å². The lowest BCUT2D eigenvalue weighted by Gasteiger charge is -2.30. The van der Waals surface area contributed by atoms with Crippen LogP contribution in [0.4, 0.5) is 5.69 Å². The third-order valence-electron chi connectivity index (χ3n) is 8.97. The van der Waals surface area contributed by atoms with Crippen molar-refractivity contribution in [3.8, 4) is 11.5 Å². The van der Waals surface area contributed by atoms with Gasteiger partial charge in [-0.15, -0.1) is 0 Å². The average Bonchev–Trinajstić information content (AvgIpc) is 3.56. The number of benzene rings is 2. The summed E-state index contributed by atoms with van der Waals surface area (Å²) in [6.07, 6.45) is 4.28. The first-order chi connectivity index (χ1) is 21.1. The number of anilines is 1. The Morgan fingerprint density at radius 2 is 1.70 bits per heavy atom. The predicted molar refractivity (Wildman–Crippen MR) is 178 cm³/mol. The summed E-state index contributed by atoms with van der Waals surface area (Å²) in [6.45, 7) is 12.3. The van der Waals surface area contributed by atoms with Gasteiger partial charge in [-0.25, -0.2) is 0 Å². The smallest absolute Gasteiger partial charge is 0.223 e. The van der Waals surface area contributed by atoms with Crippen molar-refractivity contribution in [3.63, 3.8) is 0 Å². The number of methoxy groups -OCH3 is 2. The Morgan fingerprint density at radius 1 is 0.955 bits per heavy atom. The number of aliphatic hydroxyl groups excluding tert-OH is 1. The number of hydrogen-bond acceptors (Lipinski definition) is 7. The molecule has 8 heteroatoms. The number of carbonyl (C=O) groups excluding carboxylic acids is 1. The van der Waals surface area contributed by atoms with Crippen LogP contribution in [0.1, 0.15) is 70.9 Å². The van der Waals surface area contributed by atoms with Crippen molar-refractivity contribution in [2.75, 3.05) is 45.4 Å². The van der Waals surface area contributed by atoms with Crippen molar-refractivity contribution in [2.24, 2.45) is 29.4 Å². The summed E-state index contributed by atoms with van der Waals surface area (Å²) in [5.41, 5.74) is 10.1. The predicted octanol–water partition coefficient (Wildman–Crippen LogP) is 5.58. The lowest BCUT2D eigenvalue weighted by molar-refractivity contribution is -0.127. The molecule has 1 unspecified atom stereocenters. The van der Waals surface area contributed by atoms with E-state index in [0.29, 0.717) is 44.3 Å². The lowest BCUT2D eigenvalue weighted by Crippen LogP contribution is -2.42. The van der Waals surface area contributed by atoms with Crippen LogP contribution in [0.15, 0.2) is 42.5 Å². The number of amides is 1. The maximum Gasteiger partial charge on any atom is 0.223 e. The van der Waals surface area contributed by atoms with Gasteiger partial charge in [0.2, 0.25) is 5.91 Å². The fraction of sp³-hybridized carbons (Fsp3) is 0.639. The van der Waals surface area contributed by atoms with Crippen LogP contribution in [0.3, 0.4) is 0 Å². The molecule has 1 fully saturated rings. The van der Waals surface area contributed by atoms with Crippen molar-refractivity contribution in [1.82, 2.24) is 5.32 Å². The van der Waals surface area contributed by atoms with E-state index < -0.39 is 12.1 Å². The molecule has 0 radical (unpaired) electrons. The standard InChI is InChI=1S/C36H57N3O5/c1-25(2)29(19-27-13-14-34(43-6)35(21-27)44-18-10-17-42-5)22-32(37)33(40)23-31(26(3)4)36(41)38-24-28-11-9-12-30(20-28)39-15-7-8-16-39/h9,11-14,20-21,25-26,29,31-33,40H,7-8,10,15-19,22-24,37H2,1-6H3,(H,38,41)/t29-,31-,32-,33?/m0/s1. The zero-order chi connectivity index (χ0) is 32.1. The first kappa shape index (κ1) is 35.7. The van der Waals surface area contributed by atoms with Crippen LogP contribution in [0, 0.1) is 23.7 Å². The molecule has 8 nitrogen and oxygen atoms in total. The van der Waals surface area contributed by atoms with E-state index in [2.05, 4.69) is 54.4 Å². The number of rotatable bonds is 19. The maximum absolute atomic E-state index is 13.3. The molecule has 44 heavy (non-hydrogen) atoms. The van der Waals surface area contributed by atoms with E-state index in [1.165, 1.54) is 18.5 Å². The van der Waals surface area contributed by atoms with Gasteiger partial charge in [0.05, 0.1) is 19.8 Å². The van der Waals surface area contributed by atoms with Crippen LogP contribution in [-0.2, 0) is 22.5 Å². The second-order valence-electron chi connectivity index (χ2n) is 13.0. The van der Waals surface area contributed by atoms with Gasteiger partial charge in [0.15, 0.2) is 11.5 Å². The Kier molecular flexibility index (Phi) is 14.8. The van der Waals surface area contributed by atoms with Gasteiger partial charge in [0.1, 0.15) is 0 Å². The molecule has 3 rings (SSSR count). The van der Waals surface area contributed by atoms with Gasteiger partial charge in [-0.1, -0.05) is 45.9 Å². The second kappa shape index (κ2) is 18.2. The van der Waals surface area contributed by atoms with Gasteiger partial charge in [0.25, 0.3) is 0 Å². The summed E-state index contributed by atoms with van der Waals surface area (Å²) in [5.74, 6) is 1.77. The largest absolute Gasteiger partial charge is 0.493 e. The number of nitrogens with zero attached hydrogens (tertiary/aromatic N) is 1. The first-order valence-corrected chi connectivity index (χ1v) is 16.5. The third kappa shape index (κ3) is 11.0. The normalized spacial score (nSPS) is 16.2. The molecular weight excluding hydrogens is 554 g/mol. The molecule has 0 aliphatic carbocycles. The highest BCUT2D eigenvalue weighted by atomic mass is 16.5. The Balaban J connectivity index is 1.57. The summed E-state index contributed by atoms with van der Waals surface area (Å²) in [4.78, 5) is 15.7. The molecule has 0 saturated carbocycles. The second-order valence-corrected chi connectivity index (χ2v) is 13.0. The summed E-state index contributed by atoms with van der Waals surface area (Å²) < 4.78 is 16.6. The molecule has 0 aromatic heterocycles. The first-order valence-electron chi connectivity index (χ1n) is 16.5. The van der Waals surface area contributed by atoms with Crippen molar-refractivity contribution < 1.29 is 24.1 Å².